The molecule has 6 unspecified atom stereocenters. The van der Waals surface area contributed by atoms with E-state index in [0.717, 1.165) is 90.1 Å². The Balaban J connectivity index is -0.0000000874. The summed E-state index contributed by atoms with van der Waals surface area (Å²) in [5, 5.41) is 132. The molecule has 6 rings (SSSR count). The molecule has 0 aromatic heterocycles. The molecule has 0 aliphatic rings. The summed E-state index contributed by atoms with van der Waals surface area (Å²) in [5.74, 6) is 5.43. The maximum atomic E-state index is 11.2. The van der Waals surface area contributed by atoms with Crippen LogP contribution in [0.15, 0.2) is 133 Å². The average molecular weight is 1430 g/mol. The lowest BCUT2D eigenvalue weighted by molar-refractivity contribution is -0.176. The van der Waals surface area contributed by atoms with Crippen LogP contribution in [-0.2, 0) is 6.61 Å². The molecule has 0 fully saturated rings. The minimum Gasteiger partial charge on any atom is -0.497 e. The van der Waals surface area contributed by atoms with E-state index < -0.39 is 6.61 Å². The van der Waals surface area contributed by atoms with Crippen LogP contribution in [0, 0.1) is 20.8 Å². The number of aryl methyl sites for hydroxylation is 3. The summed E-state index contributed by atoms with van der Waals surface area (Å²) in [6.45, 7) is 34.2. The van der Waals surface area contributed by atoms with E-state index in [1.54, 1.807) is 27.2 Å². The predicted octanol–water partition coefficient (Wildman–Crippen LogP) is 16.8. The lowest BCUT2D eigenvalue weighted by Crippen LogP contribution is -2.05. The first-order valence-corrected chi connectivity index (χ1v) is 32.0. The van der Waals surface area contributed by atoms with Crippen molar-refractivity contribution in [1.29, 1.82) is 0 Å². The number of aliphatic hydroxyl groups is 8. The van der Waals surface area contributed by atoms with Crippen LogP contribution in [0.1, 0.15) is 240 Å². The highest BCUT2D eigenvalue weighted by molar-refractivity contribution is 5.97. The molecule has 0 aliphatic heterocycles. The highest BCUT2D eigenvalue weighted by Gasteiger charge is 2.10. The zero-order valence-electron chi connectivity index (χ0n) is 64.4. The molecule has 0 amide bonds. The van der Waals surface area contributed by atoms with Gasteiger partial charge in [0.2, 0.25) is 0 Å². The Kier molecular flexibility index (Phi) is 111. The number of hydrogen-bond acceptors (Lipinski definition) is 24. The number of ketones is 2. The number of Topliss-reactive ketones (excluding diaryl/α,β-unsaturated/α-hetero) is 2. The first kappa shape index (κ1) is 120. The van der Waals surface area contributed by atoms with Crippen molar-refractivity contribution in [1.82, 2.24) is 0 Å². The van der Waals surface area contributed by atoms with Crippen molar-refractivity contribution < 1.29 is 123 Å². The fourth-order valence-electron chi connectivity index (χ4n) is 7.80. The molecule has 584 valence electrons. The number of aliphatic hydroxyl groups excluding tert-OH is 8. The van der Waals surface area contributed by atoms with Crippen LogP contribution in [0.2, 0.25) is 0 Å². The van der Waals surface area contributed by atoms with Gasteiger partial charge in [0.1, 0.15) is 18.1 Å². The molecule has 6 atom stereocenters. The van der Waals surface area contributed by atoms with Gasteiger partial charge in [-0.15, -0.1) is 0 Å². The molecule has 0 spiro atoms. The zero-order chi connectivity index (χ0) is 81.3. The van der Waals surface area contributed by atoms with Crippen molar-refractivity contribution in [2.75, 3.05) is 63.5 Å². The fourth-order valence-corrected chi connectivity index (χ4v) is 7.80. The van der Waals surface area contributed by atoms with Crippen LogP contribution in [0.5, 0.6) is 11.5 Å². The van der Waals surface area contributed by atoms with Crippen LogP contribution in [0.3, 0.4) is 0 Å². The molecule has 0 bridgehead atoms. The Bertz CT molecular complexity index is 2590. The molecule has 24 heteroatoms. The number of benzene rings is 6. The summed E-state index contributed by atoms with van der Waals surface area (Å²) >= 11 is 0. The monoisotopic (exact) mass is 1430 g/mol. The Morgan fingerprint density at radius 2 is 0.630 bits per heavy atom. The van der Waals surface area contributed by atoms with Crippen LogP contribution < -0.4 is 9.47 Å². The smallest absolute Gasteiger partial charge is 0.188 e. The summed E-state index contributed by atoms with van der Waals surface area (Å²) in [6.07, 6.45) is 6.91. The van der Waals surface area contributed by atoms with Crippen molar-refractivity contribution in [3.8, 4) is 11.5 Å². The van der Waals surface area contributed by atoms with Gasteiger partial charge in [0.25, 0.3) is 0 Å². The van der Waals surface area contributed by atoms with E-state index in [1.165, 1.54) is 63.8 Å². The molecular weight excluding hydrogens is 1300 g/mol. The van der Waals surface area contributed by atoms with Crippen LogP contribution in [0.25, 0.3) is 0 Å². The zero-order valence-corrected chi connectivity index (χ0v) is 64.4. The van der Waals surface area contributed by atoms with E-state index in [-0.39, 0.29) is 18.2 Å². The molecule has 100 heavy (non-hydrogen) atoms. The number of rotatable bonds is 18. The van der Waals surface area contributed by atoms with Crippen LogP contribution in [0.4, 0.5) is 0 Å². The third kappa shape index (κ3) is 60.2. The third-order valence-electron chi connectivity index (χ3n) is 14.9. The first-order chi connectivity index (χ1) is 48.2. The Labute approximate surface area is 598 Å². The summed E-state index contributed by atoms with van der Waals surface area (Å²) in [4.78, 5) is 22.3. The first-order valence-electron chi connectivity index (χ1n) is 32.0. The van der Waals surface area contributed by atoms with Crippen molar-refractivity contribution in [3.63, 3.8) is 0 Å². The molecule has 0 aliphatic carbocycles. The van der Waals surface area contributed by atoms with Gasteiger partial charge < -0.3 is 50.3 Å². The van der Waals surface area contributed by atoms with Gasteiger partial charge in [-0.25, -0.2) is 0 Å². The molecule has 0 saturated heterocycles. The van der Waals surface area contributed by atoms with Gasteiger partial charge >= 0.3 is 0 Å². The topological polar surface area (TPSA) is 457 Å². The Morgan fingerprint density at radius 3 is 0.930 bits per heavy atom. The van der Waals surface area contributed by atoms with Gasteiger partial charge in [0, 0.05) is 53.8 Å². The van der Waals surface area contributed by atoms with E-state index in [4.69, 9.17) is 113 Å². The van der Waals surface area contributed by atoms with Gasteiger partial charge in [-0.3, -0.25) is 72.7 Å². The molecule has 0 saturated carbocycles. The molecule has 6 aromatic carbocycles. The second kappa shape index (κ2) is 92.5. The second-order valence-corrected chi connectivity index (χ2v) is 20.5. The standard InChI is InChI=1S/C12H16O2.C12H18O.C12H16O.C12H18.2C11H16O.6CH4O.6H2O2/c1-3-9(2)10-5-4-6-11(7-10)12(14)8-13;1-5-9(2)11-6-7-12(13-4)10(3)8-11;1-4-9(2)11-6-5-7-12(8-11)10(3)13;1-5-9(2)12-7-6-10(3)11(4)8-12;1-4-9(2)10-5-7-11(12-3)8-6-10;1-3-9(2)11-6-4-5-10(7-11)8-12;12*1-2/h4-7,9,13H,3,8H2,1-2H3;6-9H,5H2,1-4H3;5-9H,4H2,1-3H3;6-9H,5H2,1-4H3;5-9H,4H2,1-3H3;4-7,9,12H,3,8H2,1-2H3;6*2H,1H3;6*1-2H. The average Bonchev–Trinajstić information content (AvgIpc) is 0.931. The van der Waals surface area contributed by atoms with Crippen molar-refractivity contribution >= 4 is 11.6 Å². The van der Waals surface area contributed by atoms with E-state index >= 15 is 0 Å². The number of methoxy groups -OCH3 is 2. The normalized spacial score (nSPS) is 10.4. The summed E-state index contributed by atoms with van der Waals surface area (Å²) in [5.41, 5.74) is 14.5. The summed E-state index contributed by atoms with van der Waals surface area (Å²) < 4.78 is 10.3. The Hall–Kier alpha value is -6.54. The van der Waals surface area contributed by atoms with Gasteiger partial charge in [0.05, 0.1) is 20.8 Å². The molecule has 0 heterocycles. The van der Waals surface area contributed by atoms with Crippen LogP contribution in [-0.4, -0.2) is 179 Å². The van der Waals surface area contributed by atoms with Crippen molar-refractivity contribution in [2.24, 2.45) is 0 Å². The molecule has 0 radical (unpaired) electrons. The maximum absolute atomic E-state index is 11.2. The van der Waals surface area contributed by atoms with Crippen molar-refractivity contribution in [3.05, 3.63) is 200 Å². The number of hydrogen-bond donors (Lipinski definition) is 20. The molecule has 20 N–H and O–H groups in total. The van der Waals surface area contributed by atoms with Gasteiger partial charge in [-0.1, -0.05) is 186 Å². The van der Waals surface area contributed by atoms with E-state index in [0.29, 0.717) is 41.1 Å². The van der Waals surface area contributed by atoms with E-state index in [9.17, 15) is 9.59 Å². The van der Waals surface area contributed by atoms with E-state index in [1.807, 2.05) is 60.7 Å². The highest BCUT2D eigenvalue weighted by Crippen LogP contribution is 2.27. The van der Waals surface area contributed by atoms with Crippen molar-refractivity contribution in [2.45, 2.75) is 191 Å². The highest BCUT2D eigenvalue weighted by atomic mass is 17.0. The Morgan fingerprint density at radius 1 is 0.340 bits per heavy atom. The van der Waals surface area contributed by atoms with E-state index in [2.05, 4.69) is 171 Å². The second-order valence-electron chi connectivity index (χ2n) is 20.5. The minimum atomic E-state index is -0.413. The third-order valence-corrected chi connectivity index (χ3v) is 14.9. The quantitative estimate of drug-likeness (QED) is 0.0216. The molecular formula is C76H136O24. The van der Waals surface area contributed by atoms with Crippen LogP contribution >= 0.6 is 0 Å². The van der Waals surface area contributed by atoms with Gasteiger partial charge in [0.15, 0.2) is 11.6 Å². The SMILES string of the molecule is CCC(C)c1ccc(C)c(C)c1.CCC(C)c1ccc(OC)c(C)c1.CCC(C)c1ccc(OC)cc1.CCC(C)c1cccc(C(=O)CO)c1.CCC(C)c1cccc(C(C)=O)c1.CCC(C)c1cccc(CO)c1.CO.CO.CO.CO.CO.CO.OO.OO.OO.OO.OO.OO. The summed E-state index contributed by atoms with van der Waals surface area (Å²) in [6, 6.07) is 45.0. The number of carbonyl (C=O) groups is 2. The number of carbonyl (C=O) groups excluding carboxylic acids is 2. The van der Waals surface area contributed by atoms with Gasteiger partial charge in [-0.2, -0.15) is 0 Å². The minimum absolute atomic E-state index is 0.143. The predicted molar refractivity (Wildman–Crippen MR) is 406 cm³/mol. The molecule has 6 aromatic rings. The largest absolute Gasteiger partial charge is 0.497 e. The fraction of sp³-hybridized carbons (Fsp3) is 0.500. The molecule has 24 nitrogen and oxygen atoms in total. The number of ether oxygens (including phenoxy) is 2. The lowest BCUT2D eigenvalue weighted by Gasteiger charge is -2.11. The summed E-state index contributed by atoms with van der Waals surface area (Å²) in [7, 11) is 9.41. The van der Waals surface area contributed by atoms with Gasteiger partial charge in [-0.05, 0) is 188 Å². The maximum Gasteiger partial charge on any atom is 0.188 e. The lowest BCUT2D eigenvalue weighted by atomic mass is 9.95.